The fourth-order valence-electron chi connectivity index (χ4n) is 2.88. The van der Waals surface area contributed by atoms with Crippen molar-refractivity contribution in [1.29, 1.82) is 0 Å². The normalized spacial score (nSPS) is 38.1. The Hall–Kier alpha value is -0.570. The molecule has 1 amide bonds. The molecule has 2 aliphatic rings. The van der Waals surface area contributed by atoms with Crippen molar-refractivity contribution < 1.29 is 4.79 Å². The molecular weight excluding hydrogens is 200 g/mol. The Morgan fingerprint density at radius 2 is 2.00 bits per heavy atom. The van der Waals surface area contributed by atoms with Crippen molar-refractivity contribution in [3.8, 4) is 0 Å². The van der Waals surface area contributed by atoms with Crippen LogP contribution in [0.1, 0.15) is 39.0 Å². The van der Waals surface area contributed by atoms with Crippen molar-refractivity contribution in [2.24, 2.45) is 29.4 Å². The third kappa shape index (κ3) is 2.76. The van der Waals surface area contributed by atoms with Gasteiger partial charge in [0.05, 0.1) is 0 Å². The Morgan fingerprint density at radius 3 is 2.62 bits per heavy atom. The second kappa shape index (κ2) is 5.17. The fourth-order valence-corrected chi connectivity index (χ4v) is 2.88. The Labute approximate surface area is 98.2 Å². The summed E-state index contributed by atoms with van der Waals surface area (Å²) in [5, 5.41) is 3.11. The van der Waals surface area contributed by atoms with Crippen molar-refractivity contribution in [2.45, 2.75) is 39.0 Å². The number of hydrogen-bond donors (Lipinski definition) is 2. The molecule has 4 atom stereocenters. The molecule has 0 bridgehead atoms. The zero-order valence-electron chi connectivity index (χ0n) is 10.2. The summed E-state index contributed by atoms with van der Waals surface area (Å²) in [6, 6.07) is 0. The van der Waals surface area contributed by atoms with Gasteiger partial charge in [-0.25, -0.2) is 0 Å². The highest BCUT2D eigenvalue weighted by molar-refractivity contribution is 5.79. The molecule has 4 unspecified atom stereocenters. The molecule has 2 rings (SSSR count). The molecule has 0 aromatic heterocycles. The molecule has 0 spiro atoms. The number of nitrogens with two attached hydrogens (primary N) is 1. The van der Waals surface area contributed by atoms with Crippen LogP contribution < -0.4 is 11.1 Å². The Bertz CT molecular complexity index is 254. The maximum atomic E-state index is 12.0. The van der Waals surface area contributed by atoms with Crippen molar-refractivity contribution in [1.82, 2.24) is 5.32 Å². The average molecular weight is 224 g/mol. The highest BCUT2D eigenvalue weighted by Crippen LogP contribution is 2.37. The Morgan fingerprint density at radius 1 is 1.31 bits per heavy atom. The topological polar surface area (TPSA) is 55.1 Å². The van der Waals surface area contributed by atoms with Crippen LogP contribution >= 0.6 is 0 Å². The van der Waals surface area contributed by atoms with Gasteiger partial charge >= 0.3 is 0 Å². The van der Waals surface area contributed by atoms with Gasteiger partial charge in [0.15, 0.2) is 0 Å². The Kier molecular flexibility index (Phi) is 3.85. The monoisotopic (exact) mass is 224 g/mol. The molecule has 3 N–H and O–H groups in total. The van der Waals surface area contributed by atoms with Gasteiger partial charge in [-0.15, -0.1) is 0 Å². The minimum absolute atomic E-state index is 0.188. The average Bonchev–Trinajstić information content (AvgIpc) is 3.02. The number of amides is 1. The summed E-state index contributed by atoms with van der Waals surface area (Å²) in [5.41, 5.74) is 5.74. The third-order valence-corrected chi connectivity index (χ3v) is 4.36. The van der Waals surface area contributed by atoms with Crippen LogP contribution in [0.4, 0.5) is 0 Å². The van der Waals surface area contributed by atoms with Gasteiger partial charge in [-0.05, 0) is 43.6 Å². The molecule has 2 aliphatic carbocycles. The molecule has 2 fully saturated rings. The smallest absolute Gasteiger partial charge is 0.223 e. The van der Waals surface area contributed by atoms with Gasteiger partial charge in [0.1, 0.15) is 0 Å². The lowest BCUT2D eigenvalue weighted by Gasteiger charge is -2.29. The summed E-state index contributed by atoms with van der Waals surface area (Å²) in [4.78, 5) is 12.0. The first kappa shape index (κ1) is 11.9. The van der Waals surface area contributed by atoms with Crippen LogP contribution in [0.15, 0.2) is 0 Å². The van der Waals surface area contributed by atoms with E-state index in [9.17, 15) is 4.79 Å². The molecule has 0 aliphatic heterocycles. The number of hydrogen-bond acceptors (Lipinski definition) is 2. The SMILES string of the molecule is CC1CC1CNC(=O)C1CCCCC1CN. The van der Waals surface area contributed by atoms with Gasteiger partial charge in [-0.3, -0.25) is 4.79 Å². The van der Waals surface area contributed by atoms with E-state index in [1.807, 2.05) is 0 Å². The first-order valence-electron chi connectivity index (χ1n) is 6.70. The standard InChI is InChI=1S/C13H24N2O/c1-9-6-11(9)8-15-13(16)12-5-3-2-4-10(12)7-14/h9-12H,2-8,14H2,1H3,(H,15,16). The zero-order chi connectivity index (χ0) is 11.5. The molecule has 0 aromatic carbocycles. The Balaban J connectivity index is 1.77. The highest BCUT2D eigenvalue weighted by Gasteiger charge is 2.34. The number of nitrogens with one attached hydrogen (secondary N) is 1. The van der Waals surface area contributed by atoms with E-state index >= 15 is 0 Å². The molecule has 0 heterocycles. The van der Waals surface area contributed by atoms with Crippen LogP contribution in [-0.2, 0) is 4.79 Å². The zero-order valence-corrected chi connectivity index (χ0v) is 10.2. The third-order valence-electron chi connectivity index (χ3n) is 4.36. The lowest BCUT2D eigenvalue weighted by atomic mass is 9.79. The van der Waals surface area contributed by atoms with Crippen LogP contribution in [0.2, 0.25) is 0 Å². The van der Waals surface area contributed by atoms with Crippen molar-refractivity contribution in [2.75, 3.05) is 13.1 Å². The first-order chi connectivity index (χ1) is 7.72. The first-order valence-corrected chi connectivity index (χ1v) is 6.70. The minimum Gasteiger partial charge on any atom is -0.356 e. The molecule has 0 aromatic rings. The van der Waals surface area contributed by atoms with Crippen LogP contribution in [0, 0.1) is 23.7 Å². The van der Waals surface area contributed by atoms with E-state index in [0.29, 0.717) is 12.5 Å². The predicted molar refractivity (Wildman–Crippen MR) is 64.8 cm³/mol. The maximum Gasteiger partial charge on any atom is 0.223 e. The van der Waals surface area contributed by atoms with E-state index in [1.165, 1.54) is 19.3 Å². The van der Waals surface area contributed by atoms with Gasteiger partial charge in [0, 0.05) is 12.5 Å². The summed E-state index contributed by atoms with van der Waals surface area (Å²) >= 11 is 0. The lowest BCUT2D eigenvalue weighted by Crippen LogP contribution is -2.40. The fraction of sp³-hybridized carbons (Fsp3) is 0.923. The van der Waals surface area contributed by atoms with Crippen LogP contribution in [0.25, 0.3) is 0 Å². The number of rotatable bonds is 4. The van der Waals surface area contributed by atoms with Crippen molar-refractivity contribution >= 4 is 5.91 Å². The summed E-state index contributed by atoms with van der Waals surface area (Å²) in [5.74, 6) is 2.42. The largest absolute Gasteiger partial charge is 0.356 e. The quantitative estimate of drug-likeness (QED) is 0.761. The molecule has 0 radical (unpaired) electrons. The summed E-state index contributed by atoms with van der Waals surface area (Å²) < 4.78 is 0. The number of carbonyl (C=O) groups is 1. The summed E-state index contributed by atoms with van der Waals surface area (Å²) in [6.45, 7) is 3.80. The van der Waals surface area contributed by atoms with E-state index in [2.05, 4.69) is 12.2 Å². The van der Waals surface area contributed by atoms with Crippen LogP contribution in [0.5, 0.6) is 0 Å². The van der Waals surface area contributed by atoms with Gasteiger partial charge in [0.25, 0.3) is 0 Å². The second-order valence-corrected chi connectivity index (χ2v) is 5.60. The van der Waals surface area contributed by atoms with Gasteiger partial charge in [0.2, 0.25) is 5.91 Å². The molecule has 2 saturated carbocycles. The van der Waals surface area contributed by atoms with Gasteiger partial charge in [-0.1, -0.05) is 19.8 Å². The van der Waals surface area contributed by atoms with Crippen molar-refractivity contribution in [3.63, 3.8) is 0 Å². The summed E-state index contributed by atoms with van der Waals surface area (Å²) in [6.07, 6.45) is 5.88. The van der Waals surface area contributed by atoms with Crippen LogP contribution in [0.3, 0.4) is 0 Å². The van der Waals surface area contributed by atoms with Crippen molar-refractivity contribution in [3.05, 3.63) is 0 Å². The van der Waals surface area contributed by atoms with E-state index in [1.54, 1.807) is 0 Å². The van der Waals surface area contributed by atoms with Crippen LogP contribution in [-0.4, -0.2) is 19.0 Å². The highest BCUT2D eigenvalue weighted by atomic mass is 16.1. The molecule has 16 heavy (non-hydrogen) atoms. The molecule has 3 nitrogen and oxygen atoms in total. The molecule has 92 valence electrons. The lowest BCUT2D eigenvalue weighted by molar-refractivity contribution is -0.127. The molecular formula is C13H24N2O. The van der Waals surface area contributed by atoms with E-state index in [0.717, 1.165) is 31.2 Å². The van der Waals surface area contributed by atoms with E-state index in [-0.39, 0.29) is 11.8 Å². The van der Waals surface area contributed by atoms with E-state index < -0.39 is 0 Å². The minimum atomic E-state index is 0.188. The van der Waals surface area contributed by atoms with Gasteiger partial charge < -0.3 is 11.1 Å². The predicted octanol–water partition coefficient (Wildman–Crippen LogP) is 1.52. The second-order valence-electron chi connectivity index (χ2n) is 5.60. The molecule has 0 saturated heterocycles. The maximum absolute atomic E-state index is 12.0. The summed E-state index contributed by atoms with van der Waals surface area (Å²) in [7, 11) is 0. The van der Waals surface area contributed by atoms with Gasteiger partial charge in [-0.2, -0.15) is 0 Å². The molecule has 3 heteroatoms. The number of carbonyl (C=O) groups excluding carboxylic acids is 1. The van der Waals surface area contributed by atoms with E-state index in [4.69, 9.17) is 5.73 Å².